The Kier molecular flexibility index (Phi) is 5.03. The summed E-state index contributed by atoms with van der Waals surface area (Å²) in [6.07, 6.45) is 4.14. The van der Waals surface area contributed by atoms with Crippen LogP contribution in [0.15, 0.2) is 59.9 Å². The zero-order valence-electron chi connectivity index (χ0n) is 13.8. The first-order valence-corrected chi connectivity index (χ1v) is 8.06. The number of para-hydroxylation sites is 1. The van der Waals surface area contributed by atoms with Gasteiger partial charge >= 0.3 is 0 Å². The van der Waals surface area contributed by atoms with E-state index >= 15 is 0 Å². The minimum atomic E-state index is -0.625. The molecule has 7 nitrogen and oxygen atoms in total. The van der Waals surface area contributed by atoms with Crippen LogP contribution in [0.2, 0.25) is 0 Å². The summed E-state index contributed by atoms with van der Waals surface area (Å²) >= 11 is 0. The lowest BCUT2D eigenvalue weighted by atomic mass is 10.2. The number of hydrogen-bond donors (Lipinski definition) is 2. The molecule has 0 bridgehead atoms. The number of rotatable bonds is 5. The monoisotopic (exact) mass is 337 g/mol. The van der Waals surface area contributed by atoms with E-state index in [2.05, 4.69) is 20.7 Å². The van der Waals surface area contributed by atoms with Crippen LogP contribution in [0.4, 0.5) is 5.69 Å². The summed E-state index contributed by atoms with van der Waals surface area (Å²) in [5, 5.41) is 4.17. The van der Waals surface area contributed by atoms with Crippen molar-refractivity contribution < 1.29 is 9.59 Å². The quantitative estimate of drug-likeness (QED) is 0.855. The number of aromatic nitrogens is 1. The molecule has 0 fully saturated rings. The van der Waals surface area contributed by atoms with E-state index in [0.717, 1.165) is 5.56 Å². The number of carbonyl (C=O) groups excluding carboxylic acids is 2. The lowest BCUT2D eigenvalue weighted by molar-refractivity contribution is -0.120. The summed E-state index contributed by atoms with van der Waals surface area (Å²) < 4.78 is 0. The van der Waals surface area contributed by atoms with Gasteiger partial charge in [0.2, 0.25) is 5.84 Å². The fraction of sp³-hybridized carbons (Fsp3) is 0.222. The average molecular weight is 337 g/mol. The highest BCUT2D eigenvalue weighted by Gasteiger charge is 2.30. The van der Waals surface area contributed by atoms with Crippen LogP contribution in [-0.4, -0.2) is 35.2 Å². The van der Waals surface area contributed by atoms with E-state index in [4.69, 9.17) is 0 Å². The van der Waals surface area contributed by atoms with Crippen molar-refractivity contribution in [2.75, 3.05) is 11.6 Å². The van der Waals surface area contributed by atoms with Crippen molar-refractivity contribution in [2.24, 2.45) is 4.99 Å². The third kappa shape index (κ3) is 4.00. The molecule has 7 heteroatoms. The molecule has 0 saturated heterocycles. The van der Waals surface area contributed by atoms with Gasteiger partial charge in [0, 0.05) is 18.9 Å². The Balaban J connectivity index is 1.63. The van der Waals surface area contributed by atoms with E-state index in [-0.39, 0.29) is 17.6 Å². The van der Waals surface area contributed by atoms with E-state index in [1.165, 1.54) is 5.01 Å². The Labute approximate surface area is 145 Å². The van der Waals surface area contributed by atoms with Gasteiger partial charge in [-0.05, 0) is 37.1 Å². The third-order valence-corrected chi connectivity index (χ3v) is 3.77. The molecule has 2 heterocycles. The Morgan fingerprint density at radius 2 is 2.04 bits per heavy atom. The van der Waals surface area contributed by atoms with Crippen LogP contribution in [0.5, 0.6) is 0 Å². The molecule has 3 rings (SSSR count). The Bertz CT molecular complexity index is 777. The SMILES string of the molecule is C[C@@H]1N=C(C(=O)NCCc2cccnc2)NN(c2ccccc2)C1=O. The zero-order chi connectivity index (χ0) is 17.6. The number of carbonyl (C=O) groups is 2. The molecule has 1 aliphatic rings. The average Bonchev–Trinajstić information content (AvgIpc) is 2.65. The molecular formula is C18H19N5O2. The summed E-state index contributed by atoms with van der Waals surface area (Å²) in [4.78, 5) is 32.9. The van der Waals surface area contributed by atoms with Gasteiger partial charge in [-0.2, -0.15) is 0 Å². The summed E-state index contributed by atoms with van der Waals surface area (Å²) in [6.45, 7) is 2.13. The van der Waals surface area contributed by atoms with Crippen molar-refractivity contribution in [2.45, 2.75) is 19.4 Å². The maximum atomic E-state index is 12.4. The summed E-state index contributed by atoms with van der Waals surface area (Å²) in [5.41, 5.74) is 4.51. The van der Waals surface area contributed by atoms with Crippen LogP contribution < -0.4 is 15.8 Å². The molecule has 0 unspecified atom stereocenters. The second-order valence-corrected chi connectivity index (χ2v) is 5.64. The first-order valence-electron chi connectivity index (χ1n) is 8.06. The van der Waals surface area contributed by atoms with Crippen molar-refractivity contribution in [3.05, 3.63) is 60.4 Å². The molecule has 25 heavy (non-hydrogen) atoms. The number of benzene rings is 1. The van der Waals surface area contributed by atoms with E-state index in [1.807, 2.05) is 30.3 Å². The molecule has 2 amide bonds. The third-order valence-electron chi connectivity index (χ3n) is 3.77. The Morgan fingerprint density at radius 3 is 2.76 bits per heavy atom. The fourth-order valence-corrected chi connectivity index (χ4v) is 2.45. The molecule has 0 radical (unpaired) electrons. The van der Waals surface area contributed by atoms with Gasteiger partial charge in [-0.15, -0.1) is 0 Å². The minimum Gasteiger partial charge on any atom is -0.349 e. The number of hydrogen-bond acceptors (Lipinski definition) is 5. The highest BCUT2D eigenvalue weighted by Crippen LogP contribution is 2.15. The van der Waals surface area contributed by atoms with Gasteiger partial charge in [0.05, 0.1) is 5.69 Å². The largest absolute Gasteiger partial charge is 0.349 e. The van der Waals surface area contributed by atoms with Crippen LogP contribution in [0.3, 0.4) is 0 Å². The number of nitrogens with zero attached hydrogens (tertiary/aromatic N) is 3. The highest BCUT2D eigenvalue weighted by molar-refractivity contribution is 6.39. The summed E-state index contributed by atoms with van der Waals surface area (Å²) in [5.74, 6) is -0.426. The fourth-order valence-electron chi connectivity index (χ4n) is 2.45. The standard InChI is InChI=1S/C18H19N5O2/c1-13-18(25)23(15-7-3-2-4-8-15)22-16(21-13)17(24)20-11-9-14-6-5-10-19-12-14/h2-8,10,12-13H,9,11H2,1H3,(H,20,24)(H,21,22)/t13-/m0/s1. The predicted molar refractivity (Wildman–Crippen MR) is 94.9 cm³/mol. The number of anilines is 1. The molecule has 1 aliphatic heterocycles. The van der Waals surface area contributed by atoms with Crippen molar-refractivity contribution in [1.82, 2.24) is 15.7 Å². The molecule has 2 N–H and O–H groups in total. The Hall–Kier alpha value is -3.22. The highest BCUT2D eigenvalue weighted by atomic mass is 16.2. The number of hydrazine groups is 1. The van der Waals surface area contributed by atoms with Gasteiger partial charge < -0.3 is 5.32 Å². The predicted octanol–water partition coefficient (Wildman–Crippen LogP) is 1.08. The van der Waals surface area contributed by atoms with Gasteiger partial charge in [0.1, 0.15) is 6.04 Å². The number of amidine groups is 1. The number of aliphatic imine (C=N–C) groups is 1. The van der Waals surface area contributed by atoms with Crippen molar-refractivity contribution >= 4 is 23.3 Å². The summed E-state index contributed by atoms with van der Waals surface area (Å²) in [6, 6.07) is 12.3. The topological polar surface area (TPSA) is 86.7 Å². The van der Waals surface area contributed by atoms with E-state index in [9.17, 15) is 9.59 Å². The molecule has 0 spiro atoms. The molecule has 1 atom stereocenters. The minimum absolute atomic E-state index is 0.127. The van der Waals surface area contributed by atoms with Crippen molar-refractivity contribution in [1.29, 1.82) is 0 Å². The smallest absolute Gasteiger partial charge is 0.288 e. The van der Waals surface area contributed by atoms with Crippen LogP contribution in [0, 0.1) is 0 Å². The normalized spacial score (nSPS) is 16.8. The second kappa shape index (κ2) is 7.57. The first kappa shape index (κ1) is 16.6. The van der Waals surface area contributed by atoms with Gasteiger partial charge in [0.25, 0.3) is 11.8 Å². The van der Waals surface area contributed by atoms with Crippen LogP contribution in [-0.2, 0) is 16.0 Å². The molecule has 0 aliphatic carbocycles. The maximum absolute atomic E-state index is 12.4. The number of nitrogens with one attached hydrogen (secondary N) is 2. The van der Waals surface area contributed by atoms with E-state index in [1.54, 1.807) is 31.5 Å². The van der Waals surface area contributed by atoms with Crippen LogP contribution >= 0.6 is 0 Å². The second-order valence-electron chi connectivity index (χ2n) is 5.64. The molecule has 1 aromatic heterocycles. The molecule has 2 aromatic rings. The van der Waals surface area contributed by atoms with Gasteiger partial charge in [-0.1, -0.05) is 24.3 Å². The maximum Gasteiger partial charge on any atom is 0.288 e. The lowest BCUT2D eigenvalue weighted by Gasteiger charge is -2.30. The summed E-state index contributed by atoms with van der Waals surface area (Å²) in [7, 11) is 0. The van der Waals surface area contributed by atoms with Crippen molar-refractivity contribution in [3.8, 4) is 0 Å². The van der Waals surface area contributed by atoms with Gasteiger partial charge in [-0.25, -0.2) is 10.0 Å². The molecule has 0 saturated carbocycles. The number of amides is 2. The first-order chi connectivity index (χ1) is 12.1. The van der Waals surface area contributed by atoms with Crippen LogP contribution in [0.1, 0.15) is 12.5 Å². The zero-order valence-corrected chi connectivity index (χ0v) is 13.8. The van der Waals surface area contributed by atoms with Gasteiger partial charge in [-0.3, -0.25) is 20.0 Å². The van der Waals surface area contributed by atoms with Crippen LogP contribution in [0.25, 0.3) is 0 Å². The number of pyridine rings is 1. The molecule has 1 aromatic carbocycles. The lowest BCUT2D eigenvalue weighted by Crippen LogP contribution is -2.58. The Morgan fingerprint density at radius 1 is 1.24 bits per heavy atom. The molecular weight excluding hydrogens is 318 g/mol. The van der Waals surface area contributed by atoms with E-state index in [0.29, 0.717) is 18.7 Å². The van der Waals surface area contributed by atoms with E-state index < -0.39 is 6.04 Å². The van der Waals surface area contributed by atoms with Crippen molar-refractivity contribution in [3.63, 3.8) is 0 Å². The molecule has 128 valence electrons. The van der Waals surface area contributed by atoms with Gasteiger partial charge in [0.15, 0.2) is 0 Å².